The molecule has 0 heterocycles. The van der Waals surface area contributed by atoms with Crippen LogP contribution in [0.25, 0.3) is 10.8 Å². The van der Waals surface area contributed by atoms with Gasteiger partial charge in [0.1, 0.15) is 11.5 Å². The lowest BCUT2D eigenvalue weighted by Gasteiger charge is -2.27. The highest BCUT2D eigenvalue weighted by molar-refractivity contribution is 6.21. The Morgan fingerprint density at radius 1 is 0.697 bits per heavy atom. The molecule has 0 fully saturated rings. The molecule has 1 atom stereocenters. The highest BCUT2D eigenvalue weighted by Crippen LogP contribution is 2.45. The SMILES string of the molecule is CCCCCCCCOc1c2c(c(OCCCCCCCC)c3ccccc13)CC(Cl)CC2. The minimum absolute atomic E-state index is 0.182. The highest BCUT2D eigenvalue weighted by Gasteiger charge is 2.27. The molecule has 184 valence electrons. The van der Waals surface area contributed by atoms with Crippen LogP contribution in [-0.2, 0) is 12.8 Å². The molecular weight excluding hydrogens is 428 g/mol. The Morgan fingerprint density at radius 2 is 1.18 bits per heavy atom. The molecule has 1 aliphatic rings. The molecule has 0 bridgehead atoms. The van der Waals surface area contributed by atoms with E-state index < -0.39 is 0 Å². The third kappa shape index (κ3) is 7.81. The molecule has 3 rings (SSSR count). The summed E-state index contributed by atoms with van der Waals surface area (Å²) in [6, 6.07) is 8.64. The van der Waals surface area contributed by atoms with Crippen molar-refractivity contribution >= 4 is 22.4 Å². The Hall–Kier alpha value is -1.41. The molecule has 0 saturated heterocycles. The zero-order chi connectivity index (χ0) is 23.3. The van der Waals surface area contributed by atoms with Crippen LogP contribution in [0.4, 0.5) is 0 Å². The van der Waals surface area contributed by atoms with Crippen LogP contribution in [0.1, 0.15) is 108 Å². The van der Waals surface area contributed by atoms with Gasteiger partial charge in [-0.15, -0.1) is 11.6 Å². The smallest absolute Gasteiger partial charge is 0.130 e. The van der Waals surface area contributed by atoms with E-state index in [4.69, 9.17) is 21.1 Å². The van der Waals surface area contributed by atoms with Crippen LogP contribution in [0.15, 0.2) is 24.3 Å². The van der Waals surface area contributed by atoms with Gasteiger partial charge in [0.25, 0.3) is 0 Å². The van der Waals surface area contributed by atoms with E-state index in [9.17, 15) is 0 Å². The molecule has 0 aromatic heterocycles. The first kappa shape index (κ1) is 26.2. The van der Waals surface area contributed by atoms with E-state index in [2.05, 4.69) is 38.1 Å². The minimum Gasteiger partial charge on any atom is -0.493 e. The third-order valence-electron chi connectivity index (χ3n) is 6.95. The molecule has 0 amide bonds. The summed E-state index contributed by atoms with van der Waals surface area (Å²) in [6.45, 7) is 6.12. The van der Waals surface area contributed by atoms with Crippen LogP contribution >= 0.6 is 11.6 Å². The monoisotopic (exact) mass is 472 g/mol. The summed E-state index contributed by atoms with van der Waals surface area (Å²) in [6.07, 6.45) is 18.2. The first-order chi connectivity index (χ1) is 16.3. The maximum absolute atomic E-state index is 6.64. The Bertz CT molecular complexity index is 832. The summed E-state index contributed by atoms with van der Waals surface area (Å²) >= 11 is 6.64. The maximum atomic E-state index is 6.64. The number of halogens is 1. The Balaban J connectivity index is 1.72. The molecule has 2 aromatic rings. The van der Waals surface area contributed by atoms with Gasteiger partial charge >= 0.3 is 0 Å². The molecule has 33 heavy (non-hydrogen) atoms. The van der Waals surface area contributed by atoms with Gasteiger partial charge in [0.15, 0.2) is 0 Å². The number of hydrogen-bond acceptors (Lipinski definition) is 2. The van der Waals surface area contributed by atoms with E-state index in [0.29, 0.717) is 0 Å². The number of benzene rings is 2. The standard InChI is InChI=1S/C30H45ClO2/c1-3-5-7-9-11-15-21-32-29-25-17-13-14-18-26(25)30(28-23-24(31)19-20-27(28)29)33-22-16-12-10-8-6-4-2/h13-14,17-18,24H,3-12,15-16,19-23H2,1-2H3. The van der Waals surface area contributed by atoms with Crippen molar-refractivity contribution < 1.29 is 9.47 Å². The van der Waals surface area contributed by atoms with E-state index in [-0.39, 0.29) is 5.38 Å². The lowest BCUT2D eigenvalue weighted by atomic mass is 9.87. The van der Waals surface area contributed by atoms with E-state index in [0.717, 1.165) is 56.8 Å². The van der Waals surface area contributed by atoms with Gasteiger partial charge in [-0.1, -0.05) is 102 Å². The fourth-order valence-corrected chi connectivity index (χ4v) is 5.29. The molecule has 2 nitrogen and oxygen atoms in total. The van der Waals surface area contributed by atoms with Gasteiger partial charge in [-0.3, -0.25) is 0 Å². The van der Waals surface area contributed by atoms with Gasteiger partial charge in [0.05, 0.1) is 13.2 Å². The summed E-state index contributed by atoms with van der Waals surface area (Å²) in [4.78, 5) is 0. The van der Waals surface area contributed by atoms with E-state index >= 15 is 0 Å². The lowest BCUT2D eigenvalue weighted by molar-refractivity contribution is 0.294. The minimum atomic E-state index is 0.182. The quantitative estimate of drug-likeness (QED) is 0.179. The van der Waals surface area contributed by atoms with Crippen molar-refractivity contribution in [2.75, 3.05) is 13.2 Å². The van der Waals surface area contributed by atoms with Gasteiger partial charge in [0, 0.05) is 27.3 Å². The third-order valence-corrected chi connectivity index (χ3v) is 7.32. The van der Waals surface area contributed by atoms with Crippen LogP contribution in [0.3, 0.4) is 0 Å². The van der Waals surface area contributed by atoms with Gasteiger partial charge in [-0.2, -0.15) is 0 Å². The van der Waals surface area contributed by atoms with Crippen molar-refractivity contribution in [3.8, 4) is 11.5 Å². The number of alkyl halides is 1. The topological polar surface area (TPSA) is 18.5 Å². The van der Waals surface area contributed by atoms with E-state index in [1.165, 1.54) is 86.1 Å². The van der Waals surface area contributed by atoms with Crippen molar-refractivity contribution in [1.82, 2.24) is 0 Å². The molecule has 0 N–H and O–H groups in total. The Morgan fingerprint density at radius 3 is 1.73 bits per heavy atom. The van der Waals surface area contributed by atoms with Crippen molar-refractivity contribution in [3.63, 3.8) is 0 Å². The molecule has 0 saturated carbocycles. The van der Waals surface area contributed by atoms with Gasteiger partial charge < -0.3 is 9.47 Å². The fourth-order valence-electron chi connectivity index (χ4n) is 5.03. The summed E-state index contributed by atoms with van der Waals surface area (Å²) in [5, 5.41) is 2.57. The largest absolute Gasteiger partial charge is 0.493 e. The van der Waals surface area contributed by atoms with Crippen molar-refractivity contribution in [1.29, 1.82) is 0 Å². The molecule has 0 radical (unpaired) electrons. The number of unbranched alkanes of at least 4 members (excludes halogenated alkanes) is 10. The van der Waals surface area contributed by atoms with Crippen LogP contribution in [0.2, 0.25) is 0 Å². The van der Waals surface area contributed by atoms with Gasteiger partial charge in [-0.05, 0) is 32.1 Å². The number of ether oxygens (including phenoxy) is 2. The predicted molar refractivity (Wildman–Crippen MR) is 143 cm³/mol. The fraction of sp³-hybridized carbons (Fsp3) is 0.667. The van der Waals surface area contributed by atoms with E-state index in [1.807, 2.05) is 0 Å². The molecule has 1 aliphatic carbocycles. The van der Waals surface area contributed by atoms with Crippen LogP contribution in [0, 0.1) is 0 Å². The average molecular weight is 473 g/mol. The van der Waals surface area contributed by atoms with Crippen molar-refractivity contribution in [2.45, 2.75) is 116 Å². The Labute approximate surface area is 207 Å². The normalized spacial score (nSPS) is 15.5. The average Bonchev–Trinajstić information content (AvgIpc) is 2.83. The summed E-state index contributed by atoms with van der Waals surface area (Å²) < 4.78 is 13.0. The van der Waals surface area contributed by atoms with Crippen LogP contribution in [0.5, 0.6) is 11.5 Å². The van der Waals surface area contributed by atoms with Gasteiger partial charge in [0.2, 0.25) is 0 Å². The second-order valence-electron chi connectivity index (χ2n) is 9.73. The first-order valence-corrected chi connectivity index (χ1v) is 14.2. The molecule has 1 unspecified atom stereocenters. The molecular formula is C30H45ClO2. The Kier molecular flexibility index (Phi) is 11.7. The highest BCUT2D eigenvalue weighted by atomic mass is 35.5. The summed E-state index contributed by atoms with van der Waals surface area (Å²) in [5.74, 6) is 2.15. The molecule has 2 aromatic carbocycles. The van der Waals surface area contributed by atoms with Gasteiger partial charge in [-0.25, -0.2) is 0 Å². The first-order valence-electron chi connectivity index (χ1n) is 13.7. The molecule has 3 heteroatoms. The number of rotatable bonds is 16. The zero-order valence-corrected chi connectivity index (χ0v) is 21.9. The van der Waals surface area contributed by atoms with Crippen molar-refractivity contribution in [2.24, 2.45) is 0 Å². The number of hydrogen-bond donors (Lipinski definition) is 0. The molecule has 0 spiro atoms. The lowest BCUT2D eigenvalue weighted by Crippen LogP contribution is -2.18. The van der Waals surface area contributed by atoms with Crippen LogP contribution in [-0.4, -0.2) is 18.6 Å². The zero-order valence-electron chi connectivity index (χ0n) is 21.1. The predicted octanol–water partition coefficient (Wildman–Crippen LogP) is 9.41. The second-order valence-corrected chi connectivity index (χ2v) is 10.4. The van der Waals surface area contributed by atoms with E-state index in [1.54, 1.807) is 0 Å². The van der Waals surface area contributed by atoms with Crippen molar-refractivity contribution in [3.05, 3.63) is 35.4 Å². The van der Waals surface area contributed by atoms with Crippen LogP contribution < -0.4 is 9.47 Å². The summed E-state index contributed by atoms with van der Waals surface area (Å²) in [7, 11) is 0. The molecule has 0 aliphatic heterocycles. The second kappa shape index (κ2) is 14.8. The number of fused-ring (bicyclic) bond motifs is 2. The summed E-state index contributed by atoms with van der Waals surface area (Å²) in [5.41, 5.74) is 2.64. The maximum Gasteiger partial charge on any atom is 0.130 e.